The van der Waals surface area contributed by atoms with Crippen molar-refractivity contribution < 1.29 is 0 Å². The van der Waals surface area contributed by atoms with Gasteiger partial charge in [-0.05, 0) is 50.9 Å². The Morgan fingerprint density at radius 1 is 1.29 bits per heavy atom. The van der Waals surface area contributed by atoms with Gasteiger partial charge in [-0.2, -0.15) is 0 Å². The highest BCUT2D eigenvalue weighted by molar-refractivity contribution is 5.78. The summed E-state index contributed by atoms with van der Waals surface area (Å²) >= 11 is 0. The van der Waals surface area contributed by atoms with Crippen LogP contribution in [0.3, 0.4) is 0 Å². The second kappa shape index (κ2) is 5.62. The minimum absolute atomic E-state index is 0.00807. The van der Waals surface area contributed by atoms with E-state index in [0.29, 0.717) is 6.54 Å². The first-order chi connectivity index (χ1) is 10.1. The first-order valence-corrected chi connectivity index (χ1v) is 7.60. The standard InChI is InChI=1S/C17H23N3O/c1-20(2)17(8-5-9-17)12-18-11-14-10-13-6-3-4-7-15(13)19-16(14)21/h3-4,6-7,10,18H,5,8-9,11-12H2,1-2H3,(H,19,21). The summed E-state index contributed by atoms with van der Waals surface area (Å²) in [5.74, 6) is 0. The van der Waals surface area contributed by atoms with Crippen LogP contribution >= 0.6 is 0 Å². The number of aromatic nitrogens is 1. The van der Waals surface area contributed by atoms with Gasteiger partial charge >= 0.3 is 0 Å². The van der Waals surface area contributed by atoms with Crippen molar-refractivity contribution in [1.29, 1.82) is 0 Å². The van der Waals surface area contributed by atoms with Crippen molar-refractivity contribution in [2.24, 2.45) is 0 Å². The van der Waals surface area contributed by atoms with Gasteiger partial charge < -0.3 is 15.2 Å². The summed E-state index contributed by atoms with van der Waals surface area (Å²) in [5.41, 5.74) is 1.99. The molecule has 0 amide bonds. The number of rotatable bonds is 5. The normalized spacial score (nSPS) is 17.1. The zero-order valence-electron chi connectivity index (χ0n) is 12.8. The second-order valence-corrected chi connectivity index (χ2v) is 6.29. The topological polar surface area (TPSA) is 48.1 Å². The lowest BCUT2D eigenvalue weighted by molar-refractivity contribution is 0.0598. The molecular weight excluding hydrogens is 262 g/mol. The highest BCUT2D eigenvalue weighted by Gasteiger charge is 2.38. The van der Waals surface area contributed by atoms with E-state index < -0.39 is 0 Å². The number of nitrogens with zero attached hydrogens (tertiary/aromatic N) is 1. The number of likely N-dealkylation sites (N-methyl/N-ethyl adjacent to an activating group) is 1. The van der Waals surface area contributed by atoms with Crippen molar-refractivity contribution in [2.45, 2.75) is 31.3 Å². The van der Waals surface area contributed by atoms with Gasteiger partial charge in [0.25, 0.3) is 5.56 Å². The average molecular weight is 285 g/mol. The van der Waals surface area contributed by atoms with Crippen LogP contribution < -0.4 is 10.9 Å². The third-order valence-corrected chi connectivity index (χ3v) is 4.83. The molecule has 21 heavy (non-hydrogen) atoms. The number of fused-ring (bicyclic) bond motifs is 1. The van der Waals surface area contributed by atoms with Gasteiger partial charge in [0, 0.05) is 29.7 Å². The van der Waals surface area contributed by atoms with E-state index in [1.807, 2.05) is 30.3 Å². The first-order valence-electron chi connectivity index (χ1n) is 7.60. The molecule has 0 spiro atoms. The van der Waals surface area contributed by atoms with Gasteiger partial charge in [0.1, 0.15) is 0 Å². The maximum Gasteiger partial charge on any atom is 0.252 e. The molecular formula is C17H23N3O. The lowest BCUT2D eigenvalue weighted by Crippen LogP contribution is -2.56. The number of para-hydroxylation sites is 1. The van der Waals surface area contributed by atoms with Gasteiger partial charge in [-0.1, -0.05) is 18.2 Å². The van der Waals surface area contributed by atoms with E-state index in [1.165, 1.54) is 19.3 Å². The largest absolute Gasteiger partial charge is 0.322 e. The zero-order chi connectivity index (χ0) is 14.9. The van der Waals surface area contributed by atoms with Crippen LogP contribution in [-0.4, -0.2) is 36.1 Å². The molecule has 0 bridgehead atoms. The maximum absolute atomic E-state index is 12.1. The van der Waals surface area contributed by atoms with E-state index >= 15 is 0 Å². The molecule has 4 heteroatoms. The molecule has 4 nitrogen and oxygen atoms in total. The van der Waals surface area contributed by atoms with E-state index in [1.54, 1.807) is 0 Å². The number of aromatic amines is 1. The van der Waals surface area contributed by atoms with Crippen LogP contribution in [0, 0.1) is 0 Å². The number of pyridine rings is 1. The van der Waals surface area contributed by atoms with E-state index in [4.69, 9.17) is 0 Å². The average Bonchev–Trinajstić information content (AvgIpc) is 2.41. The molecule has 1 saturated carbocycles. The summed E-state index contributed by atoms with van der Waals surface area (Å²) in [4.78, 5) is 17.4. The third-order valence-electron chi connectivity index (χ3n) is 4.83. The van der Waals surface area contributed by atoms with E-state index in [9.17, 15) is 4.79 Å². The van der Waals surface area contributed by atoms with E-state index in [-0.39, 0.29) is 11.1 Å². The first kappa shape index (κ1) is 14.3. The third kappa shape index (κ3) is 2.74. The smallest absolute Gasteiger partial charge is 0.252 e. The van der Waals surface area contributed by atoms with Crippen molar-refractivity contribution in [3.8, 4) is 0 Å². The Kier molecular flexibility index (Phi) is 3.83. The summed E-state index contributed by atoms with van der Waals surface area (Å²) in [7, 11) is 4.29. The number of H-pyrrole nitrogens is 1. The molecule has 2 N–H and O–H groups in total. The Morgan fingerprint density at radius 3 is 2.71 bits per heavy atom. The predicted molar refractivity (Wildman–Crippen MR) is 86.5 cm³/mol. The van der Waals surface area contributed by atoms with Crippen molar-refractivity contribution in [2.75, 3.05) is 20.6 Å². The molecule has 1 aliphatic carbocycles. The molecule has 112 valence electrons. The monoisotopic (exact) mass is 285 g/mol. The molecule has 0 aliphatic heterocycles. The van der Waals surface area contributed by atoms with Crippen molar-refractivity contribution in [3.05, 3.63) is 46.2 Å². The molecule has 2 aromatic rings. The van der Waals surface area contributed by atoms with Gasteiger partial charge in [-0.25, -0.2) is 0 Å². The zero-order valence-corrected chi connectivity index (χ0v) is 12.8. The van der Waals surface area contributed by atoms with Gasteiger partial charge in [0.15, 0.2) is 0 Å². The fourth-order valence-electron chi connectivity index (χ4n) is 3.12. The summed E-state index contributed by atoms with van der Waals surface area (Å²) in [5, 5.41) is 4.55. The quantitative estimate of drug-likeness (QED) is 0.884. The Bertz CT molecular complexity index is 686. The number of nitrogens with one attached hydrogen (secondary N) is 2. The maximum atomic E-state index is 12.1. The molecule has 0 unspecified atom stereocenters. The molecule has 1 fully saturated rings. The summed E-state index contributed by atoms with van der Waals surface area (Å²) in [6.45, 7) is 1.56. The fraction of sp³-hybridized carbons (Fsp3) is 0.471. The SMILES string of the molecule is CN(C)C1(CNCc2cc3ccccc3[nH]c2=O)CCC1. The van der Waals surface area contributed by atoms with Crippen LogP contribution in [0.25, 0.3) is 10.9 Å². The molecule has 1 aliphatic rings. The van der Waals surface area contributed by atoms with Crippen molar-refractivity contribution in [3.63, 3.8) is 0 Å². The van der Waals surface area contributed by atoms with Crippen LogP contribution in [0.1, 0.15) is 24.8 Å². The molecule has 0 saturated heterocycles. The summed E-state index contributed by atoms with van der Waals surface area (Å²) in [6, 6.07) is 9.89. The molecule has 0 atom stereocenters. The minimum atomic E-state index is 0.00807. The van der Waals surface area contributed by atoms with Crippen LogP contribution in [0.15, 0.2) is 35.1 Å². The van der Waals surface area contributed by atoms with E-state index in [2.05, 4.69) is 29.3 Å². The van der Waals surface area contributed by atoms with E-state index in [0.717, 1.165) is 23.0 Å². The van der Waals surface area contributed by atoms with Gasteiger partial charge in [-0.15, -0.1) is 0 Å². The van der Waals surface area contributed by atoms with Gasteiger partial charge in [0.2, 0.25) is 0 Å². The van der Waals surface area contributed by atoms with Crippen LogP contribution in [0.4, 0.5) is 0 Å². The van der Waals surface area contributed by atoms with Gasteiger partial charge in [0.05, 0.1) is 0 Å². The lowest BCUT2D eigenvalue weighted by Gasteiger charge is -2.47. The number of hydrogen-bond acceptors (Lipinski definition) is 3. The lowest BCUT2D eigenvalue weighted by atomic mass is 9.75. The highest BCUT2D eigenvalue weighted by atomic mass is 16.1. The molecule has 3 rings (SSSR count). The Balaban J connectivity index is 1.71. The van der Waals surface area contributed by atoms with Gasteiger partial charge in [-0.3, -0.25) is 4.79 Å². The minimum Gasteiger partial charge on any atom is -0.322 e. The highest BCUT2D eigenvalue weighted by Crippen LogP contribution is 2.35. The fourth-order valence-corrected chi connectivity index (χ4v) is 3.12. The molecule has 0 radical (unpaired) electrons. The second-order valence-electron chi connectivity index (χ2n) is 6.29. The summed E-state index contributed by atoms with van der Waals surface area (Å²) in [6.07, 6.45) is 3.78. The molecule has 1 aromatic carbocycles. The number of benzene rings is 1. The summed E-state index contributed by atoms with van der Waals surface area (Å²) < 4.78 is 0. The van der Waals surface area contributed by atoms with Crippen LogP contribution in [-0.2, 0) is 6.54 Å². The van der Waals surface area contributed by atoms with Crippen LogP contribution in [0.2, 0.25) is 0 Å². The van der Waals surface area contributed by atoms with Crippen molar-refractivity contribution in [1.82, 2.24) is 15.2 Å². The Labute approximate surface area is 125 Å². The predicted octanol–water partition coefficient (Wildman–Crippen LogP) is 2.10. The van der Waals surface area contributed by atoms with Crippen molar-refractivity contribution >= 4 is 10.9 Å². The Hall–Kier alpha value is -1.65. The van der Waals surface area contributed by atoms with Crippen LogP contribution in [0.5, 0.6) is 0 Å². The number of hydrogen-bond donors (Lipinski definition) is 2. The molecule has 1 aromatic heterocycles. The Morgan fingerprint density at radius 2 is 2.05 bits per heavy atom. The molecule has 1 heterocycles.